The molecule has 2 fully saturated rings. The first kappa shape index (κ1) is 28.6. The Kier molecular flexibility index (Phi) is 9.28. The Bertz CT molecular complexity index is 1110. The largest absolute Gasteiger partial charge is 0.444 e. The summed E-state index contributed by atoms with van der Waals surface area (Å²) in [6, 6.07) is 5.80. The van der Waals surface area contributed by atoms with E-state index in [0.29, 0.717) is 44.4 Å². The summed E-state index contributed by atoms with van der Waals surface area (Å²) in [5, 5.41) is 11.1. The molecule has 2 amide bonds. The van der Waals surface area contributed by atoms with Crippen LogP contribution in [0, 0.1) is 11.7 Å². The number of piperazine rings is 1. The second-order valence-electron chi connectivity index (χ2n) is 11.1. The second kappa shape index (κ2) is 12.6. The number of carbonyl (C=O) groups excluding carboxylic acids is 2. The molecular formula is C27H39FN8O3. The Morgan fingerprint density at radius 2 is 1.77 bits per heavy atom. The van der Waals surface area contributed by atoms with E-state index in [1.165, 1.54) is 12.1 Å². The highest BCUT2D eigenvalue weighted by molar-refractivity contribution is 5.80. The Labute approximate surface area is 228 Å². The van der Waals surface area contributed by atoms with E-state index < -0.39 is 11.7 Å². The van der Waals surface area contributed by atoms with Crippen molar-refractivity contribution < 1.29 is 18.7 Å². The minimum absolute atomic E-state index is 0.184. The molecule has 1 atom stereocenters. The monoisotopic (exact) mass is 542 g/mol. The fourth-order valence-electron chi connectivity index (χ4n) is 5.22. The van der Waals surface area contributed by atoms with Gasteiger partial charge in [0.25, 0.3) is 0 Å². The van der Waals surface area contributed by atoms with Crippen molar-refractivity contribution in [1.29, 1.82) is 0 Å². The van der Waals surface area contributed by atoms with E-state index in [2.05, 4.69) is 35.2 Å². The normalized spacial score (nSPS) is 18.5. The minimum atomic E-state index is -0.518. The molecule has 0 spiro atoms. The molecule has 1 aromatic carbocycles. The second-order valence-corrected chi connectivity index (χ2v) is 11.1. The van der Waals surface area contributed by atoms with E-state index in [1.807, 2.05) is 20.8 Å². The van der Waals surface area contributed by atoms with Gasteiger partial charge in [-0.15, -0.1) is 5.10 Å². The van der Waals surface area contributed by atoms with Crippen LogP contribution >= 0.6 is 0 Å². The van der Waals surface area contributed by atoms with Gasteiger partial charge in [-0.05, 0) is 76.9 Å². The van der Waals surface area contributed by atoms with Crippen LogP contribution in [0.1, 0.15) is 33.6 Å². The van der Waals surface area contributed by atoms with E-state index in [9.17, 15) is 14.0 Å². The first-order valence-electron chi connectivity index (χ1n) is 13.5. The number of carbonyl (C=O) groups is 2. The average molecular weight is 543 g/mol. The summed E-state index contributed by atoms with van der Waals surface area (Å²) in [5.41, 5.74) is 6.79. The number of aromatic nitrogens is 3. The molecule has 2 aliphatic rings. The highest BCUT2D eigenvalue weighted by atomic mass is 19.1. The van der Waals surface area contributed by atoms with Gasteiger partial charge in [-0.2, -0.15) is 5.10 Å². The van der Waals surface area contributed by atoms with Gasteiger partial charge in [0, 0.05) is 44.8 Å². The van der Waals surface area contributed by atoms with E-state index in [4.69, 9.17) is 10.5 Å². The third kappa shape index (κ3) is 8.06. The van der Waals surface area contributed by atoms with Gasteiger partial charge in [0.05, 0.1) is 17.9 Å². The zero-order valence-corrected chi connectivity index (χ0v) is 23.0. The van der Waals surface area contributed by atoms with Crippen LogP contribution in [-0.2, 0) is 9.53 Å². The summed E-state index contributed by atoms with van der Waals surface area (Å²) in [6.45, 7) is 11.1. The standard InChI is InChI=1S/C27H39FN8O3/c1-27(2,3)39-26(38)30-10-13-34-11-8-20(9-12-34)23(24(29)37)35-14-16-36(17-15-35)25-32-22(18-31-33-25)19-4-6-21(28)7-5-19/h4-7,18,20,23H,8-17H2,1-3H3,(H2,29,37)(H,30,38). The van der Waals surface area contributed by atoms with Gasteiger partial charge in [-0.1, -0.05) is 0 Å². The van der Waals surface area contributed by atoms with Crippen LogP contribution in [0.3, 0.4) is 0 Å². The molecule has 39 heavy (non-hydrogen) atoms. The highest BCUT2D eigenvalue weighted by Crippen LogP contribution is 2.26. The Morgan fingerprint density at radius 1 is 1.10 bits per heavy atom. The minimum Gasteiger partial charge on any atom is -0.444 e. The summed E-state index contributed by atoms with van der Waals surface area (Å²) < 4.78 is 18.6. The molecule has 0 saturated carbocycles. The number of likely N-dealkylation sites (tertiary alicyclic amines) is 1. The van der Waals surface area contributed by atoms with E-state index in [-0.39, 0.29) is 23.7 Å². The van der Waals surface area contributed by atoms with Crippen molar-refractivity contribution in [2.45, 2.75) is 45.3 Å². The number of primary amides is 1. The molecule has 1 aromatic heterocycles. The lowest BCUT2D eigenvalue weighted by molar-refractivity contribution is -0.126. The third-order valence-corrected chi connectivity index (χ3v) is 7.14. The van der Waals surface area contributed by atoms with Crippen molar-refractivity contribution in [3.8, 4) is 11.3 Å². The molecule has 2 saturated heterocycles. The lowest BCUT2D eigenvalue weighted by Gasteiger charge is -2.43. The number of hydrogen-bond acceptors (Lipinski definition) is 9. The average Bonchev–Trinajstić information content (AvgIpc) is 2.89. The van der Waals surface area contributed by atoms with E-state index >= 15 is 0 Å². The quantitative estimate of drug-likeness (QED) is 0.514. The summed E-state index contributed by atoms with van der Waals surface area (Å²) in [5.74, 6) is 0.107. The number of piperidine rings is 1. The van der Waals surface area contributed by atoms with Gasteiger partial charge < -0.3 is 25.6 Å². The number of nitrogens with two attached hydrogens (primary N) is 1. The van der Waals surface area contributed by atoms with Crippen LogP contribution in [0.25, 0.3) is 11.3 Å². The van der Waals surface area contributed by atoms with Gasteiger partial charge in [-0.3, -0.25) is 9.69 Å². The first-order chi connectivity index (χ1) is 18.6. The number of nitrogens with one attached hydrogen (secondary N) is 1. The molecule has 12 heteroatoms. The number of hydrogen-bond donors (Lipinski definition) is 2. The lowest BCUT2D eigenvalue weighted by Crippen LogP contribution is -2.58. The van der Waals surface area contributed by atoms with Gasteiger partial charge in [0.15, 0.2) is 0 Å². The zero-order chi connectivity index (χ0) is 28.0. The maximum atomic E-state index is 13.3. The van der Waals surface area contributed by atoms with E-state index in [1.54, 1.807) is 18.3 Å². The van der Waals surface area contributed by atoms with Crippen molar-refractivity contribution in [3.05, 3.63) is 36.3 Å². The van der Waals surface area contributed by atoms with Crippen molar-refractivity contribution in [2.24, 2.45) is 11.7 Å². The van der Waals surface area contributed by atoms with Crippen LogP contribution in [-0.4, -0.2) is 101 Å². The number of benzene rings is 1. The summed E-state index contributed by atoms with van der Waals surface area (Å²) in [7, 11) is 0. The van der Waals surface area contributed by atoms with Gasteiger partial charge >= 0.3 is 6.09 Å². The molecule has 2 aromatic rings. The van der Waals surface area contributed by atoms with Crippen molar-refractivity contribution in [1.82, 2.24) is 30.3 Å². The molecule has 3 N–H and O–H groups in total. The van der Waals surface area contributed by atoms with Crippen LogP contribution in [0.5, 0.6) is 0 Å². The number of alkyl carbamates (subject to hydrolysis) is 1. The highest BCUT2D eigenvalue weighted by Gasteiger charge is 2.36. The first-order valence-corrected chi connectivity index (χ1v) is 13.5. The Balaban J connectivity index is 1.26. The fourth-order valence-corrected chi connectivity index (χ4v) is 5.22. The maximum absolute atomic E-state index is 13.3. The Morgan fingerprint density at radius 3 is 2.38 bits per heavy atom. The van der Waals surface area contributed by atoms with Crippen molar-refractivity contribution in [3.63, 3.8) is 0 Å². The maximum Gasteiger partial charge on any atom is 0.407 e. The number of ether oxygens (including phenoxy) is 1. The van der Waals surface area contributed by atoms with Crippen molar-refractivity contribution >= 4 is 17.9 Å². The van der Waals surface area contributed by atoms with Crippen LogP contribution in [0.15, 0.2) is 30.5 Å². The fraction of sp³-hybridized carbons (Fsp3) is 0.593. The molecule has 0 aliphatic carbocycles. The third-order valence-electron chi connectivity index (χ3n) is 7.14. The van der Waals surface area contributed by atoms with Crippen molar-refractivity contribution in [2.75, 3.05) is 57.3 Å². The van der Waals surface area contributed by atoms with Gasteiger partial charge in [0.1, 0.15) is 11.4 Å². The summed E-state index contributed by atoms with van der Waals surface area (Å²) >= 11 is 0. The van der Waals surface area contributed by atoms with Crippen LogP contribution in [0.4, 0.5) is 15.1 Å². The molecular weight excluding hydrogens is 503 g/mol. The van der Waals surface area contributed by atoms with E-state index in [0.717, 1.165) is 38.0 Å². The molecule has 4 rings (SSSR count). The lowest BCUT2D eigenvalue weighted by atomic mass is 9.87. The molecule has 0 bridgehead atoms. The molecule has 3 heterocycles. The van der Waals surface area contributed by atoms with Gasteiger partial charge in [-0.25, -0.2) is 14.2 Å². The summed E-state index contributed by atoms with van der Waals surface area (Å²) in [6.07, 6.45) is 2.89. The molecule has 0 radical (unpaired) electrons. The predicted octanol–water partition coefficient (Wildman–Crippen LogP) is 1.89. The van der Waals surface area contributed by atoms with Crippen LogP contribution < -0.4 is 16.0 Å². The molecule has 212 valence electrons. The molecule has 1 unspecified atom stereocenters. The van der Waals surface area contributed by atoms with Gasteiger partial charge in [0.2, 0.25) is 11.9 Å². The topological polar surface area (TPSA) is 130 Å². The smallest absolute Gasteiger partial charge is 0.407 e. The Hall–Kier alpha value is -3.38. The number of anilines is 1. The molecule has 2 aliphatic heterocycles. The SMILES string of the molecule is CC(C)(C)OC(=O)NCCN1CCC(C(C(N)=O)N2CCN(c3nncc(-c4ccc(F)cc4)n3)CC2)CC1. The molecule has 11 nitrogen and oxygen atoms in total. The number of rotatable bonds is 8. The van der Waals surface area contributed by atoms with Crippen LogP contribution in [0.2, 0.25) is 0 Å². The predicted molar refractivity (Wildman–Crippen MR) is 145 cm³/mol. The number of halogens is 1. The summed E-state index contributed by atoms with van der Waals surface area (Å²) in [4.78, 5) is 35.6. The zero-order valence-electron chi connectivity index (χ0n) is 23.0. The number of amides is 2. The number of nitrogens with zero attached hydrogens (tertiary/aromatic N) is 6.